The second-order valence-corrected chi connectivity index (χ2v) is 10.7. The number of ether oxygens (including phenoxy) is 1. The Labute approximate surface area is 250 Å². The number of hydrogen-bond donors (Lipinski definition) is 2. The summed E-state index contributed by atoms with van der Waals surface area (Å²) in [6.07, 6.45) is 2.68. The van der Waals surface area contributed by atoms with Crippen LogP contribution in [-0.4, -0.2) is 42.6 Å². The van der Waals surface area contributed by atoms with Crippen LogP contribution in [-0.2, 0) is 11.2 Å². The summed E-state index contributed by atoms with van der Waals surface area (Å²) in [5.74, 6) is -0.443. The number of aliphatic carboxylic acids is 1. The number of carbonyl (C=O) groups excluding carboxylic acids is 1. The van der Waals surface area contributed by atoms with Crippen molar-refractivity contribution in [1.82, 2.24) is 10.2 Å². The van der Waals surface area contributed by atoms with Gasteiger partial charge in [-0.25, -0.2) is 0 Å². The van der Waals surface area contributed by atoms with Crippen LogP contribution in [0.3, 0.4) is 0 Å². The van der Waals surface area contributed by atoms with Gasteiger partial charge in [0.15, 0.2) is 0 Å². The van der Waals surface area contributed by atoms with Crippen molar-refractivity contribution in [2.75, 3.05) is 20.7 Å². The third-order valence-electron chi connectivity index (χ3n) is 7.04. The van der Waals surface area contributed by atoms with Crippen LogP contribution < -0.4 is 10.1 Å². The van der Waals surface area contributed by atoms with E-state index >= 15 is 0 Å². The maximum Gasteiger partial charge on any atom is 0.305 e. The third kappa shape index (κ3) is 7.81. The standard InChI is InChI=1S/C33H32Cl2N2O4/c1-21(23-5-7-24(8-6-23)33(40)36-15-14-32(38)39)37(2)31(13-4-22-16-28(34)20-29(35)17-22)27-10-9-26-19-30(41-3)12-11-25(26)18-27/h5-13,16-21H,4,14-15H2,1-3H3,(H,36,40)(H,38,39)/b31-13-. The Morgan fingerprint density at radius 1 is 0.927 bits per heavy atom. The SMILES string of the molecule is COc1ccc2cc(/C(=C/Cc3cc(Cl)cc(Cl)c3)N(C)C(C)c3ccc(C(=O)NCCC(=O)O)cc3)ccc2c1. The highest BCUT2D eigenvalue weighted by molar-refractivity contribution is 6.34. The lowest BCUT2D eigenvalue weighted by molar-refractivity contribution is -0.136. The molecule has 4 rings (SSSR count). The maximum atomic E-state index is 12.4. The van der Waals surface area contributed by atoms with Crippen molar-refractivity contribution in [3.05, 3.63) is 117 Å². The third-order valence-corrected chi connectivity index (χ3v) is 7.47. The monoisotopic (exact) mass is 590 g/mol. The van der Waals surface area contributed by atoms with Gasteiger partial charge >= 0.3 is 5.97 Å². The molecule has 0 bridgehead atoms. The van der Waals surface area contributed by atoms with Crippen LogP contribution in [0.15, 0.2) is 84.9 Å². The van der Waals surface area contributed by atoms with Crippen molar-refractivity contribution in [2.45, 2.75) is 25.8 Å². The number of carboxylic acids is 1. The van der Waals surface area contributed by atoms with Crippen LogP contribution in [0.25, 0.3) is 16.5 Å². The summed E-state index contributed by atoms with van der Waals surface area (Å²) in [4.78, 5) is 25.3. The average molecular weight is 592 g/mol. The molecule has 2 N–H and O–H groups in total. The molecule has 0 spiro atoms. The van der Waals surface area contributed by atoms with E-state index in [1.54, 1.807) is 25.3 Å². The Kier molecular flexibility index (Phi) is 9.92. The fourth-order valence-corrected chi connectivity index (χ4v) is 5.22. The molecule has 0 aromatic heterocycles. The molecule has 0 aliphatic carbocycles. The molecule has 0 aliphatic rings. The Balaban J connectivity index is 1.63. The number of rotatable bonds is 11. The zero-order valence-corrected chi connectivity index (χ0v) is 24.7. The topological polar surface area (TPSA) is 78.9 Å². The Bertz CT molecular complexity index is 1560. The quantitative estimate of drug-likeness (QED) is 0.188. The predicted octanol–water partition coefficient (Wildman–Crippen LogP) is 7.64. The van der Waals surface area contributed by atoms with Gasteiger partial charge in [0.05, 0.1) is 19.6 Å². The van der Waals surface area contributed by atoms with E-state index in [1.165, 1.54) is 0 Å². The van der Waals surface area contributed by atoms with Gasteiger partial charge in [0, 0.05) is 34.9 Å². The minimum atomic E-state index is -0.953. The molecule has 8 heteroatoms. The summed E-state index contributed by atoms with van der Waals surface area (Å²) in [5.41, 5.74) is 4.59. The number of nitrogens with one attached hydrogen (secondary N) is 1. The van der Waals surface area contributed by atoms with Gasteiger partial charge in [0.1, 0.15) is 5.75 Å². The Morgan fingerprint density at radius 3 is 2.22 bits per heavy atom. The molecule has 0 heterocycles. The highest BCUT2D eigenvalue weighted by Crippen LogP contribution is 2.32. The second-order valence-electron chi connectivity index (χ2n) is 9.81. The van der Waals surface area contributed by atoms with Crippen LogP contribution in [0.5, 0.6) is 5.75 Å². The van der Waals surface area contributed by atoms with Crippen LogP contribution in [0.1, 0.15) is 46.4 Å². The lowest BCUT2D eigenvalue weighted by atomic mass is 9.99. The number of allylic oxidation sites excluding steroid dienone is 1. The van der Waals surface area contributed by atoms with E-state index in [-0.39, 0.29) is 24.9 Å². The zero-order valence-electron chi connectivity index (χ0n) is 23.2. The lowest BCUT2D eigenvalue weighted by Crippen LogP contribution is -2.26. The summed E-state index contributed by atoms with van der Waals surface area (Å²) >= 11 is 12.5. The number of amides is 1. The van der Waals surface area contributed by atoms with Gasteiger partial charge in [-0.15, -0.1) is 0 Å². The summed E-state index contributed by atoms with van der Waals surface area (Å²) in [5, 5.41) is 14.8. The first kappa shape index (κ1) is 30.0. The number of nitrogens with zero attached hydrogens (tertiary/aromatic N) is 1. The zero-order chi connectivity index (χ0) is 29.5. The molecule has 6 nitrogen and oxygen atoms in total. The molecule has 41 heavy (non-hydrogen) atoms. The van der Waals surface area contributed by atoms with E-state index in [9.17, 15) is 9.59 Å². The van der Waals surface area contributed by atoms with Gasteiger partial charge in [0.2, 0.25) is 0 Å². The number of carboxylic acid groups (broad SMARTS) is 1. The number of carbonyl (C=O) groups is 2. The number of methoxy groups -OCH3 is 1. The number of fused-ring (bicyclic) bond motifs is 1. The molecule has 0 radical (unpaired) electrons. The predicted molar refractivity (Wildman–Crippen MR) is 166 cm³/mol. The summed E-state index contributed by atoms with van der Waals surface area (Å²) in [7, 11) is 3.71. The van der Waals surface area contributed by atoms with E-state index in [2.05, 4.69) is 47.5 Å². The largest absolute Gasteiger partial charge is 0.497 e. The smallest absolute Gasteiger partial charge is 0.305 e. The molecule has 0 fully saturated rings. The van der Waals surface area contributed by atoms with Gasteiger partial charge in [-0.2, -0.15) is 0 Å². The van der Waals surface area contributed by atoms with Gasteiger partial charge < -0.3 is 20.1 Å². The Morgan fingerprint density at radius 2 is 1.56 bits per heavy atom. The number of halogens is 2. The highest BCUT2D eigenvalue weighted by Gasteiger charge is 2.18. The molecular formula is C33H32Cl2N2O4. The Hall–Kier alpha value is -4.00. The molecule has 0 saturated heterocycles. The number of hydrogen-bond acceptors (Lipinski definition) is 4. The van der Waals surface area contributed by atoms with E-state index in [4.69, 9.17) is 33.0 Å². The van der Waals surface area contributed by atoms with Crippen molar-refractivity contribution in [1.29, 1.82) is 0 Å². The van der Waals surface area contributed by atoms with Crippen molar-refractivity contribution < 1.29 is 19.4 Å². The van der Waals surface area contributed by atoms with Crippen LogP contribution >= 0.6 is 23.2 Å². The van der Waals surface area contributed by atoms with Gasteiger partial charge in [0.25, 0.3) is 5.91 Å². The van der Waals surface area contributed by atoms with Crippen molar-refractivity contribution in [3.8, 4) is 5.75 Å². The first-order chi connectivity index (χ1) is 19.6. The minimum absolute atomic E-state index is 0.0279. The normalized spacial score (nSPS) is 12.2. The molecule has 1 unspecified atom stereocenters. The first-order valence-corrected chi connectivity index (χ1v) is 14.0. The molecule has 4 aromatic carbocycles. The molecule has 0 aliphatic heterocycles. The second kappa shape index (κ2) is 13.6. The van der Waals surface area contributed by atoms with Crippen LogP contribution in [0.2, 0.25) is 10.0 Å². The van der Waals surface area contributed by atoms with Crippen LogP contribution in [0, 0.1) is 0 Å². The fourth-order valence-electron chi connectivity index (χ4n) is 4.65. The molecule has 0 saturated carbocycles. The number of benzene rings is 4. The van der Waals surface area contributed by atoms with Gasteiger partial charge in [-0.05, 0) is 89.3 Å². The fraction of sp³-hybridized carbons (Fsp3) is 0.212. The lowest BCUT2D eigenvalue weighted by Gasteiger charge is -2.30. The molecule has 1 atom stereocenters. The first-order valence-electron chi connectivity index (χ1n) is 13.2. The molecule has 212 valence electrons. The van der Waals surface area contributed by atoms with Crippen LogP contribution in [0.4, 0.5) is 0 Å². The van der Waals surface area contributed by atoms with Gasteiger partial charge in [-0.3, -0.25) is 9.59 Å². The van der Waals surface area contributed by atoms with E-state index in [0.29, 0.717) is 22.0 Å². The minimum Gasteiger partial charge on any atom is -0.497 e. The summed E-state index contributed by atoms with van der Waals surface area (Å²) < 4.78 is 5.39. The van der Waals surface area contributed by atoms with Gasteiger partial charge in [-0.1, -0.05) is 59.6 Å². The average Bonchev–Trinajstić information content (AvgIpc) is 2.95. The van der Waals surface area contributed by atoms with Crippen molar-refractivity contribution >= 4 is 51.5 Å². The van der Waals surface area contributed by atoms with E-state index in [0.717, 1.165) is 38.9 Å². The van der Waals surface area contributed by atoms with Crippen molar-refractivity contribution in [3.63, 3.8) is 0 Å². The van der Waals surface area contributed by atoms with E-state index < -0.39 is 5.97 Å². The summed E-state index contributed by atoms with van der Waals surface area (Å²) in [6.45, 7) is 2.19. The van der Waals surface area contributed by atoms with Crippen molar-refractivity contribution in [2.24, 2.45) is 0 Å². The molecular weight excluding hydrogens is 559 g/mol. The molecule has 4 aromatic rings. The maximum absolute atomic E-state index is 12.4. The molecule has 1 amide bonds. The highest BCUT2D eigenvalue weighted by atomic mass is 35.5. The summed E-state index contributed by atoms with van der Waals surface area (Å²) in [6, 6.07) is 25.3. The van der Waals surface area contributed by atoms with E-state index in [1.807, 2.05) is 43.4 Å².